The van der Waals surface area contributed by atoms with Gasteiger partial charge in [0.25, 0.3) is 0 Å². The minimum absolute atomic E-state index is 0.00210. The summed E-state index contributed by atoms with van der Waals surface area (Å²) in [5.41, 5.74) is 0. The van der Waals surface area contributed by atoms with Crippen molar-refractivity contribution < 1.29 is 9.53 Å². The Morgan fingerprint density at radius 2 is 2.59 bits per heavy atom. The van der Waals surface area contributed by atoms with Gasteiger partial charge in [-0.1, -0.05) is 0 Å². The van der Waals surface area contributed by atoms with Gasteiger partial charge in [0.05, 0.1) is 13.2 Å². The maximum atomic E-state index is 11.7. The smallest absolute Gasteiger partial charge is 0.239 e. The van der Waals surface area contributed by atoms with Crippen molar-refractivity contribution in [1.29, 1.82) is 0 Å². The molecule has 1 amide bonds. The lowest BCUT2D eigenvalue weighted by molar-refractivity contribution is -0.125. The van der Waals surface area contributed by atoms with E-state index in [1.54, 1.807) is 0 Å². The van der Waals surface area contributed by atoms with Crippen molar-refractivity contribution in [3.05, 3.63) is 12.2 Å². The Morgan fingerprint density at radius 1 is 1.65 bits per heavy atom. The van der Waals surface area contributed by atoms with Crippen LogP contribution in [0, 0.1) is 0 Å². The number of hydrogen-bond acceptors (Lipinski definition) is 5. The predicted molar refractivity (Wildman–Crippen MR) is 60.3 cm³/mol. The Hall–Kier alpha value is -1.47. The largest absolute Gasteiger partial charge is 0.378 e. The molecule has 7 nitrogen and oxygen atoms in total. The van der Waals surface area contributed by atoms with Gasteiger partial charge in [-0.3, -0.25) is 9.89 Å². The average Bonchev–Trinajstić information content (AvgIpc) is 2.88. The lowest BCUT2D eigenvalue weighted by Gasteiger charge is -2.22. The predicted octanol–water partition coefficient (Wildman–Crippen LogP) is -1.16. The van der Waals surface area contributed by atoms with Gasteiger partial charge in [0, 0.05) is 19.5 Å². The van der Waals surface area contributed by atoms with E-state index in [0.717, 1.165) is 25.2 Å². The number of carbonyl (C=O) groups is 1. The van der Waals surface area contributed by atoms with Gasteiger partial charge in [0.1, 0.15) is 18.2 Å². The normalized spacial score (nSPS) is 20.1. The SMILES string of the molecule is O=C(NCCCc1ncn[nH]1)C1COCCN1. The first-order valence-electron chi connectivity index (χ1n) is 5.79. The first-order chi connectivity index (χ1) is 8.36. The molecule has 94 valence electrons. The number of carbonyl (C=O) groups excluding carboxylic acids is 1. The lowest BCUT2D eigenvalue weighted by Crippen LogP contribution is -2.51. The molecular formula is C10H17N5O2. The van der Waals surface area contributed by atoms with Crippen molar-refractivity contribution in [2.45, 2.75) is 18.9 Å². The van der Waals surface area contributed by atoms with Gasteiger partial charge in [0.15, 0.2) is 0 Å². The molecule has 1 aromatic heterocycles. The molecule has 7 heteroatoms. The molecule has 1 aromatic rings. The van der Waals surface area contributed by atoms with E-state index in [-0.39, 0.29) is 11.9 Å². The van der Waals surface area contributed by atoms with Crippen molar-refractivity contribution in [1.82, 2.24) is 25.8 Å². The number of hydrogen-bond donors (Lipinski definition) is 3. The Labute approximate surface area is 99.3 Å². The molecule has 1 atom stereocenters. The van der Waals surface area contributed by atoms with Crippen LogP contribution in [0.5, 0.6) is 0 Å². The van der Waals surface area contributed by atoms with Gasteiger partial charge in [-0.15, -0.1) is 0 Å². The second-order valence-electron chi connectivity index (χ2n) is 3.91. The van der Waals surface area contributed by atoms with Gasteiger partial charge < -0.3 is 15.4 Å². The van der Waals surface area contributed by atoms with E-state index in [1.165, 1.54) is 6.33 Å². The van der Waals surface area contributed by atoms with E-state index in [4.69, 9.17) is 4.74 Å². The van der Waals surface area contributed by atoms with Crippen LogP contribution in [0.1, 0.15) is 12.2 Å². The zero-order valence-electron chi connectivity index (χ0n) is 9.61. The van der Waals surface area contributed by atoms with Crippen LogP contribution in [0.2, 0.25) is 0 Å². The Morgan fingerprint density at radius 3 is 3.29 bits per heavy atom. The molecule has 2 heterocycles. The maximum Gasteiger partial charge on any atom is 0.239 e. The molecule has 1 saturated heterocycles. The third-order valence-corrected chi connectivity index (χ3v) is 2.59. The van der Waals surface area contributed by atoms with Crippen LogP contribution in [0.4, 0.5) is 0 Å². The zero-order valence-corrected chi connectivity index (χ0v) is 9.61. The van der Waals surface area contributed by atoms with Gasteiger partial charge in [-0.05, 0) is 6.42 Å². The molecule has 0 spiro atoms. The highest BCUT2D eigenvalue weighted by molar-refractivity contribution is 5.81. The number of nitrogens with zero attached hydrogens (tertiary/aromatic N) is 2. The fourth-order valence-corrected chi connectivity index (χ4v) is 1.68. The zero-order chi connectivity index (χ0) is 11.9. The van der Waals surface area contributed by atoms with E-state index in [2.05, 4.69) is 25.8 Å². The quantitative estimate of drug-likeness (QED) is 0.564. The first-order valence-corrected chi connectivity index (χ1v) is 5.79. The summed E-state index contributed by atoms with van der Waals surface area (Å²) in [6, 6.07) is -0.214. The molecule has 1 unspecified atom stereocenters. The maximum absolute atomic E-state index is 11.7. The molecule has 0 radical (unpaired) electrons. The standard InChI is InChI=1S/C10H17N5O2/c16-10(8-6-17-5-4-11-8)12-3-1-2-9-13-7-14-15-9/h7-8,11H,1-6H2,(H,12,16)(H,13,14,15). The topological polar surface area (TPSA) is 91.9 Å². The summed E-state index contributed by atoms with van der Waals surface area (Å²) in [5.74, 6) is 0.848. The number of morpholine rings is 1. The fraction of sp³-hybridized carbons (Fsp3) is 0.700. The molecule has 0 saturated carbocycles. The van der Waals surface area contributed by atoms with Crippen molar-refractivity contribution in [2.75, 3.05) is 26.3 Å². The molecular weight excluding hydrogens is 222 g/mol. The monoisotopic (exact) mass is 239 g/mol. The van der Waals surface area contributed by atoms with E-state index in [9.17, 15) is 4.79 Å². The molecule has 1 fully saturated rings. The summed E-state index contributed by atoms with van der Waals surface area (Å²) in [6.07, 6.45) is 3.11. The van der Waals surface area contributed by atoms with Crippen LogP contribution in [0.15, 0.2) is 6.33 Å². The second-order valence-corrected chi connectivity index (χ2v) is 3.91. The minimum Gasteiger partial charge on any atom is -0.378 e. The number of rotatable bonds is 5. The van der Waals surface area contributed by atoms with Crippen molar-refractivity contribution in [3.8, 4) is 0 Å². The summed E-state index contributed by atoms with van der Waals surface area (Å²) in [6.45, 7) is 2.50. The van der Waals surface area contributed by atoms with E-state index < -0.39 is 0 Å². The summed E-state index contributed by atoms with van der Waals surface area (Å²) < 4.78 is 5.22. The van der Waals surface area contributed by atoms with E-state index in [1.807, 2.05) is 0 Å². The summed E-state index contributed by atoms with van der Waals surface area (Å²) in [7, 11) is 0. The number of aromatic amines is 1. The Bertz CT molecular complexity index is 334. The molecule has 1 aliphatic heterocycles. The van der Waals surface area contributed by atoms with Gasteiger partial charge >= 0.3 is 0 Å². The minimum atomic E-state index is -0.214. The first kappa shape index (κ1) is 12.0. The molecule has 0 aromatic carbocycles. The fourth-order valence-electron chi connectivity index (χ4n) is 1.68. The Kier molecular flexibility index (Phi) is 4.45. The summed E-state index contributed by atoms with van der Waals surface area (Å²) in [5, 5.41) is 12.5. The van der Waals surface area contributed by atoms with Crippen LogP contribution in [0.3, 0.4) is 0 Å². The average molecular weight is 239 g/mol. The molecule has 0 bridgehead atoms. The van der Waals surface area contributed by atoms with Crippen molar-refractivity contribution in [3.63, 3.8) is 0 Å². The molecule has 2 rings (SSSR count). The van der Waals surface area contributed by atoms with Crippen molar-refractivity contribution >= 4 is 5.91 Å². The number of amides is 1. The van der Waals surface area contributed by atoms with E-state index in [0.29, 0.717) is 19.8 Å². The van der Waals surface area contributed by atoms with Crippen LogP contribution < -0.4 is 10.6 Å². The van der Waals surface area contributed by atoms with Crippen molar-refractivity contribution in [2.24, 2.45) is 0 Å². The highest BCUT2D eigenvalue weighted by Crippen LogP contribution is 1.95. The van der Waals surface area contributed by atoms with Gasteiger partial charge in [0.2, 0.25) is 5.91 Å². The number of H-pyrrole nitrogens is 1. The number of ether oxygens (including phenoxy) is 1. The van der Waals surface area contributed by atoms with Crippen LogP contribution in [0.25, 0.3) is 0 Å². The molecule has 0 aliphatic carbocycles. The van der Waals surface area contributed by atoms with Gasteiger partial charge in [-0.25, -0.2) is 4.98 Å². The summed E-state index contributed by atoms with van der Waals surface area (Å²) in [4.78, 5) is 15.7. The highest BCUT2D eigenvalue weighted by atomic mass is 16.5. The third kappa shape index (κ3) is 3.79. The number of nitrogens with one attached hydrogen (secondary N) is 3. The lowest BCUT2D eigenvalue weighted by atomic mass is 10.2. The summed E-state index contributed by atoms with van der Waals surface area (Å²) >= 11 is 0. The number of aryl methyl sites for hydroxylation is 1. The Balaban J connectivity index is 1.59. The van der Waals surface area contributed by atoms with Crippen LogP contribution in [-0.4, -0.2) is 53.4 Å². The van der Waals surface area contributed by atoms with E-state index >= 15 is 0 Å². The molecule has 17 heavy (non-hydrogen) atoms. The third-order valence-electron chi connectivity index (χ3n) is 2.59. The van der Waals surface area contributed by atoms with Gasteiger partial charge in [-0.2, -0.15) is 5.10 Å². The van der Waals surface area contributed by atoms with Crippen LogP contribution >= 0.6 is 0 Å². The van der Waals surface area contributed by atoms with Crippen LogP contribution in [-0.2, 0) is 16.0 Å². The molecule has 3 N–H and O–H groups in total. The highest BCUT2D eigenvalue weighted by Gasteiger charge is 2.20. The molecule has 1 aliphatic rings. The second kappa shape index (κ2) is 6.31. The number of aromatic nitrogens is 3.